The predicted octanol–water partition coefficient (Wildman–Crippen LogP) is 21.7. The number of halogens is 15. The molecule has 12 rings (SSSR count). The summed E-state index contributed by atoms with van der Waals surface area (Å²) in [6.07, 6.45) is 0. The molecule has 93 heavy (non-hydrogen) atoms. The zero-order valence-electron chi connectivity index (χ0n) is 47.1. The van der Waals surface area contributed by atoms with Crippen LogP contribution in [0.5, 0.6) is 5.75 Å². The van der Waals surface area contributed by atoms with Crippen molar-refractivity contribution in [2.75, 3.05) is 7.11 Å². The number of nitrogens with zero attached hydrogens (tertiary/aromatic N) is 13. The number of methoxy groups -OCH3 is 1. The van der Waals surface area contributed by atoms with Crippen molar-refractivity contribution in [3.05, 3.63) is 216 Å². The first-order chi connectivity index (χ1) is 44.1. The molecule has 12 aromatic rings. The van der Waals surface area contributed by atoms with Gasteiger partial charge in [-0.05, 0) is 134 Å². The summed E-state index contributed by atoms with van der Waals surface area (Å²) in [6.45, 7) is 10.8. The summed E-state index contributed by atoms with van der Waals surface area (Å²) in [5, 5.41) is 46.1. The standard InChI is InChI=1S/C10H7Br3N2O.C10H4Cl3N3O.C10H7Cl3N2O2.C10H7Cl3N2O.C9H7BrN2O.C9H6Cl2N2O/c1-6-2-4-7(5-3-6)8-14-15-9(16-8)10(11,12)13;1-14-7-4-2-6(3-5-7)8-15-16-9(17-8)10(11,12)13;1-16-7-4-2-6(3-5-7)8-14-15-9(17-8)10(11,12)13;1-6-3-2-4-7(5-6)8-14-15-9(16-8)10(11,12)13;10-6-8-11-12-9(13-8)7-4-2-1-3-5-7;10-7(11)9-13-12-8(14-9)6-4-2-1-3-5-6/h2-5H,1H3;2-5H;2-5H,1H3;2-5H,1H3;1-5H,6H2;1-5,7H. The minimum Gasteiger partial charge on any atom is -0.497 e. The van der Waals surface area contributed by atoms with Gasteiger partial charge in [-0.1, -0.05) is 240 Å². The molecule has 482 valence electrons. The van der Waals surface area contributed by atoms with Crippen LogP contribution in [0.1, 0.15) is 51.3 Å². The Balaban J connectivity index is 0.000000158. The van der Waals surface area contributed by atoms with E-state index in [1.807, 2.05) is 123 Å². The largest absolute Gasteiger partial charge is 0.497 e. The van der Waals surface area contributed by atoms with Gasteiger partial charge in [-0.25, -0.2) is 4.85 Å². The number of benzene rings is 6. The van der Waals surface area contributed by atoms with Gasteiger partial charge in [-0.3, -0.25) is 0 Å². The number of hydrogen-bond acceptors (Lipinski definition) is 19. The minimum atomic E-state index is -1.73. The van der Waals surface area contributed by atoms with Crippen LogP contribution in [0.2, 0.25) is 0 Å². The van der Waals surface area contributed by atoms with Crippen molar-refractivity contribution in [3.8, 4) is 74.5 Å². The molecule has 6 heterocycles. The Bertz CT molecular complexity index is 4290. The molecule has 0 aliphatic heterocycles. The van der Waals surface area contributed by atoms with Gasteiger partial charge in [0.05, 0.1) is 19.0 Å². The number of alkyl halides is 15. The summed E-state index contributed by atoms with van der Waals surface area (Å²) >= 11 is 74.9. The van der Waals surface area contributed by atoms with Crippen LogP contribution in [-0.4, -0.2) is 68.3 Å². The van der Waals surface area contributed by atoms with Crippen molar-refractivity contribution >= 4 is 197 Å². The molecule has 0 aliphatic carbocycles. The highest BCUT2D eigenvalue weighted by atomic mass is 80.0. The van der Waals surface area contributed by atoms with Gasteiger partial charge in [0.2, 0.25) is 49.3 Å². The van der Waals surface area contributed by atoms with Crippen molar-refractivity contribution in [3.63, 3.8) is 0 Å². The molecule has 0 radical (unpaired) electrons. The average molecular weight is 1740 g/mol. The highest BCUT2D eigenvalue weighted by Gasteiger charge is 2.33. The topological polar surface area (TPSA) is 247 Å². The zero-order valence-corrected chi connectivity index (χ0v) is 61.8. The lowest BCUT2D eigenvalue weighted by Crippen LogP contribution is -1.99. The Labute approximate surface area is 617 Å². The van der Waals surface area contributed by atoms with E-state index < -0.39 is 18.4 Å². The molecule has 0 aliphatic rings. The van der Waals surface area contributed by atoms with Crippen LogP contribution in [0.3, 0.4) is 0 Å². The summed E-state index contributed by atoms with van der Waals surface area (Å²) in [6, 6.07) is 48.4. The fraction of sp³-hybridized carbons (Fsp3) is 0.155. The van der Waals surface area contributed by atoms with E-state index in [9.17, 15) is 0 Å². The van der Waals surface area contributed by atoms with E-state index in [-0.39, 0.29) is 35.3 Å². The summed E-state index contributed by atoms with van der Waals surface area (Å²) < 4.78 is 31.1. The number of aromatic nitrogens is 12. The second-order valence-corrected chi connectivity index (χ2v) is 33.1. The second-order valence-electron chi connectivity index (χ2n) is 17.9. The molecule has 20 nitrogen and oxygen atoms in total. The van der Waals surface area contributed by atoms with Gasteiger partial charge < -0.3 is 31.2 Å². The molecule has 0 bridgehead atoms. The lowest BCUT2D eigenvalue weighted by Gasteiger charge is -2.03. The molecular formula is C58H38Br4Cl11N13O7. The zero-order chi connectivity index (χ0) is 67.5. The van der Waals surface area contributed by atoms with Gasteiger partial charge >= 0.3 is 0 Å². The third-order valence-corrected chi connectivity index (χ3v) is 14.4. The first-order valence-electron chi connectivity index (χ1n) is 25.6. The van der Waals surface area contributed by atoms with E-state index >= 15 is 0 Å². The van der Waals surface area contributed by atoms with Crippen molar-refractivity contribution in [2.45, 2.75) is 37.5 Å². The first-order valence-corrected chi connectivity index (χ1v) is 33.4. The van der Waals surface area contributed by atoms with Crippen molar-refractivity contribution in [2.24, 2.45) is 0 Å². The van der Waals surface area contributed by atoms with Gasteiger partial charge in [0.15, 0.2) is 10.5 Å². The molecule has 0 saturated carbocycles. The highest BCUT2D eigenvalue weighted by molar-refractivity contribution is 9.38. The molecular weight excluding hydrogens is 1700 g/mol. The van der Waals surface area contributed by atoms with Crippen LogP contribution in [0.15, 0.2) is 184 Å². The second kappa shape index (κ2) is 35.0. The van der Waals surface area contributed by atoms with Gasteiger partial charge in [0.1, 0.15) is 5.75 Å². The Kier molecular flexibility index (Phi) is 28.2. The van der Waals surface area contributed by atoms with E-state index in [1.54, 1.807) is 55.6 Å². The summed E-state index contributed by atoms with van der Waals surface area (Å²) in [5.41, 5.74) is 7.68. The molecule has 6 aromatic carbocycles. The lowest BCUT2D eigenvalue weighted by atomic mass is 10.1. The minimum absolute atomic E-state index is 0.0333. The monoisotopic (exact) mass is 1730 g/mol. The number of aryl methyl sites for hydroxylation is 2. The Hall–Kier alpha value is -5.44. The van der Waals surface area contributed by atoms with Gasteiger partial charge in [0, 0.05) is 33.4 Å². The fourth-order valence-corrected chi connectivity index (χ4v) is 8.30. The van der Waals surface area contributed by atoms with E-state index in [1.165, 1.54) is 5.56 Å². The molecule has 0 spiro atoms. The maximum absolute atomic E-state index is 6.83. The third kappa shape index (κ3) is 23.4. The fourth-order valence-electron chi connectivity index (χ4n) is 6.73. The normalized spacial score (nSPS) is 11.2. The molecule has 0 amide bonds. The van der Waals surface area contributed by atoms with Crippen molar-refractivity contribution < 1.29 is 31.2 Å². The SMILES string of the molecule is BrCc1nnc(-c2ccccc2)o1.COc1ccc(-c2nnc(C(Cl)(Cl)Cl)o2)cc1.Cc1ccc(-c2nnc(C(Br)(Br)Br)o2)cc1.Cc1cccc(-c2nnc(C(Cl)(Cl)Cl)o2)c1.ClC(Cl)c1nnc(-c2ccccc2)o1.[C-]#[N+]c1ccc(-c2nnc(C(Cl)(Cl)Cl)o2)cc1. The van der Waals surface area contributed by atoms with Crippen molar-refractivity contribution in [1.82, 2.24) is 61.2 Å². The first kappa shape index (κ1) is 74.9. The number of ether oxygens (including phenoxy) is 1. The van der Waals surface area contributed by atoms with Crippen LogP contribution in [-0.2, 0) is 18.9 Å². The van der Waals surface area contributed by atoms with E-state index in [2.05, 4.69) is 130 Å². The average Bonchev–Trinajstić information content (AvgIpc) is 2.19. The van der Waals surface area contributed by atoms with E-state index in [0.717, 1.165) is 39.1 Å². The van der Waals surface area contributed by atoms with E-state index in [0.29, 0.717) is 51.9 Å². The Morgan fingerprint density at radius 1 is 0.419 bits per heavy atom. The molecule has 0 saturated heterocycles. The summed E-state index contributed by atoms with van der Waals surface area (Å²) in [4.78, 5) is 2.49. The smallest absolute Gasteiger partial charge is 0.268 e. The van der Waals surface area contributed by atoms with Crippen LogP contribution >= 0.6 is 191 Å². The third-order valence-electron chi connectivity index (χ3n) is 11.1. The molecule has 0 atom stereocenters. The van der Waals surface area contributed by atoms with Crippen LogP contribution in [0.4, 0.5) is 5.69 Å². The number of hydrogen-bond donors (Lipinski definition) is 0. The Morgan fingerprint density at radius 2 is 0.785 bits per heavy atom. The van der Waals surface area contributed by atoms with Crippen LogP contribution in [0.25, 0.3) is 73.6 Å². The predicted molar refractivity (Wildman–Crippen MR) is 374 cm³/mol. The summed E-state index contributed by atoms with van der Waals surface area (Å²) in [7, 11) is 1.59. The maximum atomic E-state index is 6.83. The molecule has 6 aromatic heterocycles. The molecule has 35 heteroatoms. The number of rotatable bonds is 9. The lowest BCUT2D eigenvalue weighted by molar-refractivity contribution is 0.415. The highest BCUT2D eigenvalue weighted by Crippen LogP contribution is 2.45. The van der Waals surface area contributed by atoms with E-state index in [4.69, 9.17) is 165 Å². The molecule has 0 N–H and O–H groups in total. The van der Waals surface area contributed by atoms with Gasteiger partial charge in [-0.2, -0.15) is 0 Å². The molecule has 0 fully saturated rings. The molecule has 0 unspecified atom stereocenters. The van der Waals surface area contributed by atoms with Gasteiger partial charge in [0.25, 0.3) is 34.9 Å². The maximum Gasteiger partial charge on any atom is 0.268 e. The van der Waals surface area contributed by atoms with Crippen LogP contribution < -0.4 is 4.74 Å². The van der Waals surface area contributed by atoms with Gasteiger partial charge in [-0.15, -0.1) is 61.2 Å². The van der Waals surface area contributed by atoms with Crippen molar-refractivity contribution in [1.29, 1.82) is 0 Å². The quantitative estimate of drug-likeness (QED) is 0.0962. The van der Waals surface area contributed by atoms with Crippen LogP contribution in [0, 0.1) is 20.4 Å². The Morgan fingerprint density at radius 3 is 1.15 bits per heavy atom. The summed E-state index contributed by atoms with van der Waals surface area (Å²) in [5.74, 6) is 4.12.